The van der Waals surface area contributed by atoms with Gasteiger partial charge in [-0.2, -0.15) is 0 Å². The highest BCUT2D eigenvalue weighted by Crippen LogP contribution is 2.26. The molecule has 1 aliphatic heterocycles. The van der Waals surface area contributed by atoms with Gasteiger partial charge in [-0.15, -0.1) is 12.4 Å². The highest BCUT2D eigenvalue weighted by Gasteiger charge is 2.25. The van der Waals surface area contributed by atoms with Crippen LogP contribution in [0.4, 0.5) is 0 Å². The lowest BCUT2D eigenvalue weighted by Gasteiger charge is -2.35. The number of carbonyl (C=O) groups is 1. The standard InChI is InChI=1S/C14H26N2O.ClH/c1-12-11-15-8-9-16(12)14(17)10-13-6-4-2-3-5-7-13;/h12-13,15H,2-11H2,1H3;1H/t12-;/m0./s1. The van der Waals surface area contributed by atoms with Gasteiger partial charge in [0.2, 0.25) is 5.91 Å². The molecular weight excluding hydrogens is 248 g/mol. The van der Waals surface area contributed by atoms with E-state index in [-0.39, 0.29) is 12.4 Å². The van der Waals surface area contributed by atoms with E-state index in [1.807, 2.05) is 0 Å². The fourth-order valence-electron chi connectivity index (χ4n) is 3.14. The summed E-state index contributed by atoms with van der Waals surface area (Å²) in [5, 5.41) is 3.34. The topological polar surface area (TPSA) is 32.3 Å². The predicted molar refractivity (Wildman–Crippen MR) is 77.1 cm³/mol. The monoisotopic (exact) mass is 274 g/mol. The van der Waals surface area contributed by atoms with Crippen molar-refractivity contribution < 1.29 is 4.79 Å². The first-order valence-corrected chi connectivity index (χ1v) is 7.27. The van der Waals surface area contributed by atoms with Crippen molar-refractivity contribution in [1.29, 1.82) is 0 Å². The summed E-state index contributed by atoms with van der Waals surface area (Å²) in [5.74, 6) is 1.05. The van der Waals surface area contributed by atoms with E-state index in [4.69, 9.17) is 0 Å². The number of piperazine rings is 1. The fraction of sp³-hybridized carbons (Fsp3) is 0.929. The number of nitrogens with zero attached hydrogens (tertiary/aromatic N) is 1. The summed E-state index contributed by atoms with van der Waals surface area (Å²) >= 11 is 0. The van der Waals surface area contributed by atoms with Crippen LogP contribution in [0.5, 0.6) is 0 Å². The molecule has 1 N–H and O–H groups in total. The lowest BCUT2D eigenvalue weighted by molar-refractivity contribution is -0.135. The average Bonchev–Trinajstić information content (AvgIpc) is 2.58. The minimum atomic E-state index is 0. The van der Waals surface area contributed by atoms with E-state index in [0.29, 0.717) is 17.9 Å². The van der Waals surface area contributed by atoms with Crippen LogP contribution >= 0.6 is 12.4 Å². The summed E-state index contributed by atoms with van der Waals surface area (Å²) < 4.78 is 0. The van der Waals surface area contributed by atoms with E-state index >= 15 is 0 Å². The van der Waals surface area contributed by atoms with Gasteiger partial charge in [0.25, 0.3) is 0 Å². The molecule has 0 aromatic carbocycles. The molecule has 0 radical (unpaired) electrons. The normalized spacial score (nSPS) is 26.3. The van der Waals surface area contributed by atoms with Crippen LogP contribution in [-0.2, 0) is 4.79 Å². The minimum Gasteiger partial charge on any atom is -0.337 e. The quantitative estimate of drug-likeness (QED) is 0.785. The largest absolute Gasteiger partial charge is 0.337 e. The third kappa shape index (κ3) is 4.43. The number of halogens is 1. The molecule has 0 bridgehead atoms. The molecule has 1 saturated carbocycles. The maximum atomic E-state index is 12.3. The summed E-state index contributed by atoms with van der Waals surface area (Å²) in [6, 6.07) is 0.377. The zero-order chi connectivity index (χ0) is 12.1. The van der Waals surface area contributed by atoms with Crippen molar-refractivity contribution in [1.82, 2.24) is 10.2 Å². The highest BCUT2D eigenvalue weighted by atomic mass is 35.5. The van der Waals surface area contributed by atoms with Gasteiger partial charge in [-0.1, -0.05) is 25.7 Å². The van der Waals surface area contributed by atoms with Gasteiger partial charge in [0, 0.05) is 32.1 Å². The Hall–Kier alpha value is -0.280. The summed E-state index contributed by atoms with van der Waals surface area (Å²) in [7, 11) is 0. The summed E-state index contributed by atoms with van der Waals surface area (Å²) in [6.07, 6.45) is 8.73. The lowest BCUT2D eigenvalue weighted by Crippen LogP contribution is -2.52. The van der Waals surface area contributed by atoms with Crippen LogP contribution in [0, 0.1) is 5.92 Å². The number of nitrogens with one attached hydrogen (secondary N) is 1. The van der Waals surface area contributed by atoms with Crippen molar-refractivity contribution in [3.63, 3.8) is 0 Å². The molecule has 2 rings (SSSR count). The molecule has 4 heteroatoms. The molecule has 1 heterocycles. The van der Waals surface area contributed by atoms with Gasteiger partial charge in [-0.05, 0) is 25.7 Å². The molecule has 0 aromatic rings. The second-order valence-electron chi connectivity index (χ2n) is 5.70. The van der Waals surface area contributed by atoms with Crippen molar-refractivity contribution >= 4 is 18.3 Å². The van der Waals surface area contributed by atoms with Crippen LogP contribution in [0.2, 0.25) is 0 Å². The molecule has 3 nitrogen and oxygen atoms in total. The molecule has 0 aromatic heterocycles. The molecule has 1 aliphatic carbocycles. The first kappa shape index (κ1) is 15.8. The van der Waals surface area contributed by atoms with Gasteiger partial charge in [0.15, 0.2) is 0 Å². The molecule has 1 saturated heterocycles. The minimum absolute atomic E-state index is 0. The Morgan fingerprint density at radius 3 is 2.50 bits per heavy atom. The van der Waals surface area contributed by atoms with Crippen LogP contribution in [0.1, 0.15) is 51.9 Å². The maximum absolute atomic E-state index is 12.3. The second-order valence-corrected chi connectivity index (χ2v) is 5.70. The van der Waals surface area contributed by atoms with E-state index < -0.39 is 0 Å². The Kier molecular flexibility index (Phi) is 7.02. The predicted octanol–water partition coefficient (Wildman–Crippen LogP) is 2.59. The smallest absolute Gasteiger partial charge is 0.223 e. The van der Waals surface area contributed by atoms with Gasteiger partial charge >= 0.3 is 0 Å². The number of carbonyl (C=O) groups excluding carboxylic acids is 1. The summed E-state index contributed by atoms with van der Waals surface area (Å²) in [6.45, 7) is 4.96. The number of rotatable bonds is 2. The molecule has 1 atom stereocenters. The van der Waals surface area contributed by atoms with E-state index in [1.165, 1.54) is 38.5 Å². The molecule has 18 heavy (non-hydrogen) atoms. The van der Waals surface area contributed by atoms with E-state index in [2.05, 4.69) is 17.1 Å². The molecule has 1 amide bonds. The van der Waals surface area contributed by atoms with Crippen molar-refractivity contribution in [2.75, 3.05) is 19.6 Å². The van der Waals surface area contributed by atoms with Crippen molar-refractivity contribution in [3.8, 4) is 0 Å². The third-order valence-corrected chi connectivity index (χ3v) is 4.26. The van der Waals surface area contributed by atoms with E-state index in [1.54, 1.807) is 0 Å². The van der Waals surface area contributed by atoms with Gasteiger partial charge in [0.1, 0.15) is 0 Å². The Balaban J connectivity index is 0.00000162. The van der Waals surface area contributed by atoms with Gasteiger partial charge in [0.05, 0.1) is 0 Å². The number of hydrogen-bond acceptors (Lipinski definition) is 2. The summed E-state index contributed by atoms with van der Waals surface area (Å²) in [4.78, 5) is 14.4. The maximum Gasteiger partial charge on any atom is 0.223 e. The zero-order valence-corrected chi connectivity index (χ0v) is 12.3. The SMILES string of the molecule is C[C@H]1CNCCN1C(=O)CC1CCCCCC1.Cl. The van der Waals surface area contributed by atoms with E-state index in [9.17, 15) is 4.79 Å². The molecule has 0 spiro atoms. The zero-order valence-electron chi connectivity index (χ0n) is 11.5. The van der Waals surface area contributed by atoms with Crippen LogP contribution in [0.15, 0.2) is 0 Å². The molecule has 106 valence electrons. The average molecular weight is 275 g/mol. The van der Waals surface area contributed by atoms with E-state index in [0.717, 1.165) is 26.1 Å². The first-order valence-electron chi connectivity index (χ1n) is 7.27. The van der Waals surface area contributed by atoms with Gasteiger partial charge in [-0.25, -0.2) is 0 Å². The Labute approximate surface area is 117 Å². The molecule has 2 aliphatic rings. The molecular formula is C14H27ClN2O. The molecule has 2 fully saturated rings. The number of amides is 1. The fourth-order valence-corrected chi connectivity index (χ4v) is 3.14. The lowest BCUT2D eigenvalue weighted by atomic mass is 9.95. The Morgan fingerprint density at radius 2 is 1.89 bits per heavy atom. The van der Waals surface area contributed by atoms with Crippen LogP contribution < -0.4 is 5.32 Å². The van der Waals surface area contributed by atoms with Gasteiger partial charge in [-0.3, -0.25) is 4.79 Å². The van der Waals surface area contributed by atoms with Crippen LogP contribution in [0.25, 0.3) is 0 Å². The summed E-state index contributed by atoms with van der Waals surface area (Å²) in [5.41, 5.74) is 0. The Morgan fingerprint density at radius 1 is 1.22 bits per heavy atom. The third-order valence-electron chi connectivity index (χ3n) is 4.26. The van der Waals surface area contributed by atoms with Gasteiger partial charge < -0.3 is 10.2 Å². The second kappa shape index (κ2) is 8.00. The van der Waals surface area contributed by atoms with Crippen LogP contribution in [-0.4, -0.2) is 36.5 Å². The first-order chi connectivity index (χ1) is 8.27. The van der Waals surface area contributed by atoms with Crippen molar-refractivity contribution in [2.45, 2.75) is 57.9 Å². The Bertz CT molecular complexity index is 252. The molecule has 0 unspecified atom stereocenters. The van der Waals surface area contributed by atoms with Crippen molar-refractivity contribution in [2.24, 2.45) is 5.92 Å². The number of hydrogen-bond donors (Lipinski definition) is 1. The van der Waals surface area contributed by atoms with Crippen molar-refractivity contribution in [3.05, 3.63) is 0 Å². The highest BCUT2D eigenvalue weighted by molar-refractivity contribution is 5.85. The van der Waals surface area contributed by atoms with Crippen LogP contribution in [0.3, 0.4) is 0 Å².